The van der Waals surface area contributed by atoms with E-state index in [4.69, 9.17) is 5.11 Å². The fraction of sp³-hybridized carbons (Fsp3) is 0.0714. The molecule has 0 heterocycles. The molecule has 0 radical (unpaired) electrons. The summed E-state index contributed by atoms with van der Waals surface area (Å²) < 4.78 is 4.44. The van der Waals surface area contributed by atoms with E-state index in [0.717, 1.165) is 12.2 Å². The molecule has 0 atom stereocenters. The van der Waals surface area contributed by atoms with E-state index in [-0.39, 0.29) is 5.75 Å². The summed E-state index contributed by atoms with van der Waals surface area (Å²) in [7, 11) is 1.22. The zero-order valence-corrected chi connectivity index (χ0v) is 11.1. The average Bonchev–Trinajstić information content (AvgIpc) is 2.44. The number of carboxylic acid groups (broad SMARTS) is 1. The van der Waals surface area contributed by atoms with Gasteiger partial charge >= 0.3 is 11.9 Å². The molecule has 0 bridgehead atoms. The van der Waals surface area contributed by atoms with Crippen LogP contribution in [-0.2, 0) is 19.1 Å². The van der Waals surface area contributed by atoms with Crippen molar-refractivity contribution in [2.75, 3.05) is 12.4 Å². The molecule has 0 saturated heterocycles. The summed E-state index contributed by atoms with van der Waals surface area (Å²) >= 11 is 0. The predicted molar refractivity (Wildman–Crippen MR) is 74.6 cm³/mol. The molecule has 0 aliphatic carbocycles. The van der Waals surface area contributed by atoms with Crippen LogP contribution in [0.15, 0.2) is 36.4 Å². The third-order valence-corrected chi connectivity index (χ3v) is 2.27. The maximum Gasteiger partial charge on any atom is 0.330 e. The highest BCUT2D eigenvalue weighted by atomic mass is 16.5. The van der Waals surface area contributed by atoms with E-state index >= 15 is 0 Å². The van der Waals surface area contributed by atoms with Crippen LogP contribution in [-0.4, -0.2) is 35.2 Å². The molecule has 7 nitrogen and oxygen atoms in total. The summed E-state index contributed by atoms with van der Waals surface area (Å²) in [5.41, 5.74) is 0.658. The minimum atomic E-state index is -1.25. The number of hydrogen-bond acceptors (Lipinski definition) is 5. The first-order valence-electron chi connectivity index (χ1n) is 5.73. The van der Waals surface area contributed by atoms with Crippen LogP contribution in [0.4, 0.5) is 5.69 Å². The number of aromatic hydroxyl groups is 1. The number of amides is 1. The number of aliphatic carboxylic acids is 1. The third kappa shape index (κ3) is 5.60. The largest absolute Gasteiger partial charge is 0.508 e. The molecule has 0 aliphatic rings. The first-order chi connectivity index (χ1) is 9.92. The zero-order valence-electron chi connectivity index (χ0n) is 11.1. The van der Waals surface area contributed by atoms with Crippen molar-refractivity contribution in [3.05, 3.63) is 42.0 Å². The van der Waals surface area contributed by atoms with Gasteiger partial charge in [0.15, 0.2) is 0 Å². The molecule has 3 N–H and O–H groups in total. The standard InChI is InChI=1S/C14H13NO6/c1-21-14(20)7-2-9-8-10(16)3-4-11(9)15-12(17)5-6-13(18)19/h2-8,16H,1H3,(H,15,17)(H,18,19)/b6-5+,7-2+. The first kappa shape index (κ1) is 16.0. The molecular weight excluding hydrogens is 278 g/mol. The molecule has 0 saturated carbocycles. The van der Waals surface area contributed by atoms with Crippen LogP contribution in [0.1, 0.15) is 5.56 Å². The number of carbonyl (C=O) groups is 3. The number of rotatable bonds is 5. The smallest absolute Gasteiger partial charge is 0.330 e. The predicted octanol–water partition coefficient (Wildman–Crippen LogP) is 1.16. The fourth-order valence-corrected chi connectivity index (χ4v) is 1.35. The number of methoxy groups -OCH3 is 1. The molecule has 1 aromatic rings. The van der Waals surface area contributed by atoms with E-state index in [1.165, 1.54) is 31.4 Å². The second kappa shape index (κ2) is 7.49. The van der Waals surface area contributed by atoms with Gasteiger partial charge in [0.05, 0.1) is 7.11 Å². The van der Waals surface area contributed by atoms with E-state index in [9.17, 15) is 19.5 Å². The Morgan fingerprint density at radius 2 is 1.90 bits per heavy atom. The van der Waals surface area contributed by atoms with E-state index in [1.807, 2.05) is 0 Å². The summed E-state index contributed by atoms with van der Waals surface area (Å²) in [6.07, 6.45) is 4.02. The Morgan fingerprint density at radius 3 is 2.52 bits per heavy atom. The molecule has 21 heavy (non-hydrogen) atoms. The normalized spacial score (nSPS) is 10.7. The second-order valence-corrected chi connectivity index (χ2v) is 3.79. The molecule has 0 aromatic heterocycles. The number of nitrogens with one attached hydrogen (secondary N) is 1. The lowest BCUT2D eigenvalue weighted by atomic mass is 10.1. The average molecular weight is 291 g/mol. The fourth-order valence-electron chi connectivity index (χ4n) is 1.35. The Balaban J connectivity index is 2.96. The van der Waals surface area contributed by atoms with Gasteiger partial charge in [-0.05, 0) is 24.3 Å². The van der Waals surface area contributed by atoms with Crippen LogP contribution in [0.3, 0.4) is 0 Å². The highest BCUT2D eigenvalue weighted by molar-refractivity contribution is 6.03. The second-order valence-electron chi connectivity index (χ2n) is 3.79. The highest BCUT2D eigenvalue weighted by Gasteiger charge is 2.05. The molecular formula is C14H13NO6. The van der Waals surface area contributed by atoms with Crippen LogP contribution < -0.4 is 5.32 Å². The number of phenolic OH excluding ortho intramolecular Hbond substituents is 1. The summed E-state index contributed by atoms with van der Waals surface area (Å²) in [6.45, 7) is 0. The molecule has 0 aliphatic heterocycles. The topological polar surface area (TPSA) is 113 Å². The maximum absolute atomic E-state index is 11.5. The van der Waals surface area contributed by atoms with E-state index in [1.54, 1.807) is 0 Å². The van der Waals surface area contributed by atoms with E-state index < -0.39 is 17.8 Å². The lowest BCUT2D eigenvalue weighted by Gasteiger charge is -2.07. The van der Waals surface area contributed by atoms with Gasteiger partial charge in [-0.3, -0.25) is 4.79 Å². The Hall–Kier alpha value is -3.09. The van der Waals surface area contributed by atoms with E-state index in [2.05, 4.69) is 10.1 Å². The van der Waals surface area contributed by atoms with Crippen molar-refractivity contribution < 1.29 is 29.3 Å². The van der Waals surface area contributed by atoms with Gasteiger partial charge in [-0.1, -0.05) is 0 Å². The Bertz CT molecular complexity index is 618. The molecule has 0 fully saturated rings. The SMILES string of the molecule is COC(=O)/C=C/c1cc(O)ccc1NC(=O)/C=C/C(=O)O. The van der Waals surface area contributed by atoms with Gasteiger partial charge < -0.3 is 20.3 Å². The van der Waals surface area contributed by atoms with Gasteiger partial charge in [-0.25, -0.2) is 9.59 Å². The number of esters is 1. The van der Waals surface area contributed by atoms with Crippen molar-refractivity contribution >= 4 is 29.6 Å². The van der Waals surface area contributed by atoms with Crippen LogP contribution in [0.5, 0.6) is 5.75 Å². The molecule has 7 heteroatoms. The summed E-state index contributed by atoms with van der Waals surface area (Å²) in [5, 5.41) is 20.3. The minimum absolute atomic E-state index is 0.0569. The lowest BCUT2D eigenvalue weighted by Crippen LogP contribution is -2.09. The van der Waals surface area contributed by atoms with Gasteiger partial charge in [0, 0.05) is 29.5 Å². The van der Waals surface area contributed by atoms with E-state index in [0.29, 0.717) is 17.3 Å². The van der Waals surface area contributed by atoms with Gasteiger partial charge in [0.25, 0.3) is 0 Å². The summed E-state index contributed by atoms with van der Waals surface area (Å²) in [4.78, 5) is 32.9. The highest BCUT2D eigenvalue weighted by Crippen LogP contribution is 2.22. The number of ether oxygens (including phenoxy) is 1. The lowest BCUT2D eigenvalue weighted by molar-refractivity contribution is -0.135. The van der Waals surface area contributed by atoms with Crippen molar-refractivity contribution in [1.29, 1.82) is 0 Å². The number of hydrogen-bond donors (Lipinski definition) is 3. The number of phenols is 1. The first-order valence-corrected chi connectivity index (χ1v) is 5.73. The van der Waals surface area contributed by atoms with Crippen LogP contribution >= 0.6 is 0 Å². The Morgan fingerprint density at radius 1 is 1.19 bits per heavy atom. The Kier molecular flexibility index (Phi) is 5.69. The molecule has 1 aromatic carbocycles. The molecule has 1 amide bonds. The molecule has 0 unspecified atom stereocenters. The quantitative estimate of drug-likeness (QED) is 0.426. The van der Waals surface area contributed by atoms with Crippen molar-refractivity contribution in [1.82, 2.24) is 0 Å². The number of anilines is 1. The maximum atomic E-state index is 11.5. The Labute approximate surface area is 120 Å². The summed E-state index contributed by atoms with van der Waals surface area (Å²) in [5.74, 6) is -2.56. The van der Waals surface area contributed by atoms with Crippen LogP contribution in [0.25, 0.3) is 6.08 Å². The molecule has 1 rings (SSSR count). The van der Waals surface area contributed by atoms with Gasteiger partial charge in [0.1, 0.15) is 5.75 Å². The van der Waals surface area contributed by atoms with Crippen molar-refractivity contribution in [3.63, 3.8) is 0 Å². The van der Waals surface area contributed by atoms with Crippen molar-refractivity contribution in [2.45, 2.75) is 0 Å². The van der Waals surface area contributed by atoms with Gasteiger partial charge in [-0.2, -0.15) is 0 Å². The van der Waals surface area contributed by atoms with Crippen molar-refractivity contribution in [2.24, 2.45) is 0 Å². The third-order valence-electron chi connectivity index (χ3n) is 2.27. The monoisotopic (exact) mass is 291 g/mol. The zero-order chi connectivity index (χ0) is 15.8. The van der Waals surface area contributed by atoms with Crippen molar-refractivity contribution in [3.8, 4) is 5.75 Å². The minimum Gasteiger partial charge on any atom is -0.508 e. The van der Waals surface area contributed by atoms with Crippen LogP contribution in [0, 0.1) is 0 Å². The summed E-state index contributed by atoms with van der Waals surface area (Å²) in [6, 6.07) is 4.08. The van der Waals surface area contributed by atoms with Gasteiger partial charge in [-0.15, -0.1) is 0 Å². The van der Waals surface area contributed by atoms with Gasteiger partial charge in [0.2, 0.25) is 5.91 Å². The molecule has 110 valence electrons. The number of benzene rings is 1. The molecule has 0 spiro atoms. The number of carbonyl (C=O) groups excluding carboxylic acids is 2. The number of carboxylic acids is 1. The van der Waals surface area contributed by atoms with Crippen LogP contribution in [0.2, 0.25) is 0 Å².